The van der Waals surface area contributed by atoms with E-state index in [0.717, 1.165) is 37.0 Å². The highest BCUT2D eigenvalue weighted by molar-refractivity contribution is 5.98. The van der Waals surface area contributed by atoms with Crippen LogP contribution in [0.2, 0.25) is 0 Å². The number of rotatable bonds is 10. The fraction of sp³-hybridized carbons (Fsp3) is 0.636. The average molecular weight is 392 g/mol. The molecule has 6 heteroatoms. The van der Waals surface area contributed by atoms with Gasteiger partial charge in [0.2, 0.25) is 0 Å². The van der Waals surface area contributed by atoms with Crippen molar-refractivity contribution in [2.24, 2.45) is 17.0 Å². The second kappa shape index (κ2) is 10.6. The van der Waals surface area contributed by atoms with Gasteiger partial charge in [-0.05, 0) is 49.7 Å². The topological polar surface area (TPSA) is 77.4 Å². The van der Waals surface area contributed by atoms with Gasteiger partial charge < -0.3 is 19.4 Å². The maximum atomic E-state index is 11.1. The Balaban J connectivity index is 1.62. The standard InChI is InChI=1S/C22H33NO5/c1-16(2)13-18-8-10-20(11-9-18)17(3)23-28-12-6-5-7-19-14-26-22(4,21(24)25)27-15-19/h8-11,16,19H,5-7,12-15H2,1-4H3,(H,24,25)/b23-17-. The summed E-state index contributed by atoms with van der Waals surface area (Å²) in [6, 6.07) is 8.48. The lowest BCUT2D eigenvalue weighted by Gasteiger charge is -2.34. The molecule has 1 aromatic carbocycles. The average Bonchev–Trinajstić information content (AvgIpc) is 2.66. The lowest BCUT2D eigenvalue weighted by atomic mass is 10.0. The lowest BCUT2D eigenvalue weighted by molar-refractivity contribution is -0.271. The van der Waals surface area contributed by atoms with E-state index >= 15 is 0 Å². The van der Waals surface area contributed by atoms with Gasteiger partial charge in [-0.1, -0.05) is 43.3 Å². The van der Waals surface area contributed by atoms with Crippen LogP contribution in [0, 0.1) is 11.8 Å². The summed E-state index contributed by atoms with van der Waals surface area (Å²) >= 11 is 0. The van der Waals surface area contributed by atoms with Gasteiger partial charge in [-0.15, -0.1) is 0 Å². The lowest BCUT2D eigenvalue weighted by Crippen LogP contribution is -2.47. The van der Waals surface area contributed by atoms with Crippen molar-refractivity contribution in [3.05, 3.63) is 35.4 Å². The zero-order chi connectivity index (χ0) is 20.6. The van der Waals surface area contributed by atoms with E-state index in [1.165, 1.54) is 12.5 Å². The van der Waals surface area contributed by atoms with Crippen LogP contribution in [0.15, 0.2) is 29.4 Å². The number of ether oxygens (including phenoxy) is 2. The highest BCUT2D eigenvalue weighted by Crippen LogP contribution is 2.24. The van der Waals surface area contributed by atoms with E-state index < -0.39 is 11.8 Å². The maximum absolute atomic E-state index is 11.1. The van der Waals surface area contributed by atoms with Gasteiger partial charge in [0.15, 0.2) is 0 Å². The summed E-state index contributed by atoms with van der Waals surface area (Å²) in [6.45, 7) is 9.21. The van der Waals surface area contributed by atoms with Gasteiger partial charge in [-0.25, -0.2) is 4.79 Å². The number of unbranched alkanes of at least 4 members (excludes halogenated alkanes) is 1. The minimum absolute atomic E-state index is 0.224. The molecule has 1 aliphatic rings. The molecule has 1 aliphatic heterocycles. The Bertz CT molecular complexity index is 645. The zero-order valence-electron chi connectivity index (χ0n) is 17.4. The molecule has 0 aromatic heterocycles. The van der Waals surface area contributed by atoms with Crippen molar-refractivity contribution in [1.82, 2.24) is 0 Å². The molecule has 1 N–H and O–H groups in total. The number of carbonyl (C=O) groups is 1. The molecule has 0 unspecified atom stereocenters. The first-order chi connectivity index (χ1) is 13.3. The molecule has 2 rings (SSSR count). The molecule has 1 aromatic rings. The number of oxime groups is 1. The van der Waals surface area contributed by atoms with Crippen LogP contribution in [-0.4, -0.2) is 42.4 Å². The first-order valence-electron chi connectivity index (χ1n) is 10.1. The number of hydrogen-bond donors (Lipinski definition) is 1. The smallest absolute Gasteiger partial charge is 0.364 e. The molecule has 0 radical (unpaired) electrons. The molecule has 0 spiro atoms. The van der Waals surface area contributed by atoms with Crippen LogP contribution in [0.3, 0.4) is 0 Å². The summed E-state index contributed by atoms with van der Waals surface area (Å²) in [5.74, 6) is -1.71. The largest absolute Gasteiger partial charge is 0.477 e. The number of nitrogens with zero attached hydrogens (tertiary/aromatic N) is 1. The van der Waals surface area contributed by atoms with Crippen molar-refractivity contribution in [1.29, 1.82) is 0 Å². The van der Waals surface area contributed by atoms with Crippen molar-refractivity contribution < 1.29 is 24.2 Å². The maximum Gasteiger partial charge on any atom is 0.364 e. The molecule has 28 heavy (non-hydrogen) atoms. The van der Waals surface area contributed by atoms with E-state index in [0.29, 0.717) is 25.7 Å². The van der Waals surface area contributed by atoms with Crippen LogP contribution in [-0.2, 0) is 25.5 Å². The Hall–Kier alpha value is -1.92. The van der Waals surface area contributed by atoms with Crippen molar-refractivity contribution >= 4 is 11.7 Å². The van der Waals surface area contributed by atoms with Crippen LogP contribution < -0.4 is 0 Å². The minimum Gasteiger partial charge on any atom is -0.477 e. The van der Waals surface area contributed by atoms with Gasteiger partial charge in [0.1, 0.15) is 6.61 Å². The Kier molecular flexibility index (Phi) is 8.45. The van der Waals surface area contributed by atoms with E-state index in [4.69, 9.17) is 19.4 Å². The van der Waals surface area contributed by atoms with Crippen LogP contribution in [0.4, 0.5) is 0 Å². The molecule has 0 amide bonds. The molecule has 0 aliphatic carbocycles. The van der Waals surface area contributed by atoms with E-state index in [1.54, 1.807) is 0 Å². The van der Waals surface area contributed by atoms with Gasteiger partial charge in [0.05, 0.1) is 18.9 Å². The molecule has 6 nitrogen and oxygen atoms in total. The second-order valence-corrected chi connectivity index (χ2v) is 8.04. The van der Waals surface area contributed by atoms with Crippen molar-refractivity contribution in [2.75, 3.05) is 19.8 Å². The first-order valence-corrected chi connectivity index (χ1v) is 10.1. The van der Waals surface area contributed by atoms with Gasteiger partial charge in [0, 0.05) is 12.8 Å². The summed E-state index contributed by atoms with van der Waals surface area (Å²) in [5, 5.41) is 13.3. The highest BCUT2D eigenvalue weighted by Gasteiger charge is 2.40. The van der Waals surface area contributed by atoms with E-state index in [1.807, 2.05) is 6.92 Å². The number of carboxylic acids is 1. The monoisotopic (exact) mass is 391 g/mol. The predicted molar refractivity (Wildman–Crippen MR) is 108 cm³/mol. The van der Waals surface area contributed by atoms with E-state index in [-0.39, 0.29) is 5.92 Å². The second-order valence-electron chi connectivity index (χ2n) is 8.04. The minimum atomic E-state index is -1.50. The Morgan fingerprint density at radius 3 is 2.46 bits per heavy atom. The summed E-state index contributed by atoms with van der Waals surface area (Å²) in [5.41, 5.74) is 3.29. The molecule has 156 valence electrons. The Morgan fingerprint density at radius 2 is 1.89 bits per heavy atom. The third-order valence-electron chi connectivity index (χ3n) is 4.89. The molecule has 0 bridgehead atoms. The van der Waals surface area contributed by atoms with Gasteiger partial charge >= 0.3 is 5.97 Å². The van der Waals surface area contributed by atoms with E-state index in [9.17, 15) is 4.79 Å². The quantitative estimate of drug-likeness (QED) is 0.366. The predicted octanol–water partition coefficient (Wildman–Crippen LogP) is 4.26. The highest BCUT2D eigenvalue weighted by atomic mass is 16.7. The van der Waals surface area contributed by atoms with Gasteiger partial charge in [-0.3, -0.25) is 0 Å². The fourth-order valence-corrected chi connectivity index (χ4v) is 3.08. The van der Waals surface area contributed by atoms with Crippen LogP contribution in [0.25, 0.3) is 0 Å². The van der Waals surface area contributed by atoms with Crippen LogP contribution in [0.5, 0.6) is 0 Å². The third-order valence-corrected chi connectivity index (χ3v) is 4.89. The zero-order valence-corrected chi connectivity index (χ0v) is 17.4. The van der Waals surface area contributed by atoms with Gasteiger partial charge in [0.25, 0.3) is 5.79 Å². The fourth-order valence-electron chi connectivity index (χ4n) is 3.08. The molecular formula is C22H33NO5. The molecule has 1 fully saturated rings. The summed E-state index contributed by atoms with van der Waals surface area (Å²) in [7, 11) is 0. The van der Waals surface area contributed by atoms with Crippen LogP contribution in [0.1, 0.15) is 58.1 Å². The molecule has 1 heterocycles. The molecule has 0 saturated carbocycles. The SMILES string of the molecule is C/C(=N/OCCCCC1COC(C)(C(=O)O)OC1)c1ccc(CC(C)C)cc1. The number of carboxylic acid groups (broad SMARTS) is 1. The Labute approximate surface area is 167 Å². The molecular weight excluding hydrogens is 358 g/mol. The van der Waals surface area contributed by atoms with Crippen molar-refractivity contribution in [2.45, 2.75) is 59.2 Å². The first kappa shape index (κ1) is 22.4. The summed E-state index contributed by atoms with van der Waals surface area (Å²) in [6.07, 6.45) is 3.84. The Morgan fingerprint density at radius 1 is 1.25 bits per heavy atom. The number of aliphatic carboxylic acids is 1. The number of hydrogen-bond acceptors (Lipinski definition) is 5. The summed E-state index contributed by atoms with van der Waals surface area (Å²) in [4.78, 5) is 16.5. The normalized spacial score (nSPS) is 23.0. The number of benzene rings is 1. The van der Waals surface area contributed by atoms with Crippen molar-refractivity contribution in [3.63, 3.8) is 0 Å². The van der Waals surface area contributed by atoms with Crippen LogP contribution >= 0.6 is 0 Å². The summed E-state index contributed by atoms with van der Waals surface area (Å²) < 4.78 is 10.7. The molecule has 1 saturated heterocycles. The molecule has 0 atom stereocenters. The van der Waals surface area contributed by atoms with Crippen molar-refractivity contribution in [3.8, 4) is 0 Å². The van der Waals surface area contributed by atoms with E-state index in [2.05, 4.69) is 43.3 Å². The third kappa shape index (κ3) is 6.91. The van der Waals surface area contributed by atoms with Gasteiger partial charge in [-0.2, -0.15) is 0 Å².